The maximum atomic E-state index is 13.2. The minimum atomic E-state index is -0.651. The molecule has 0 aliphatic heterocycles. The van der Waals surface area contributed by atoms with Crippen LogP contribution in [0.1, 0.15) is 10.4 Å². The molecule has 9 nitrogen and oxygen atoms in total. The number of para-hydroxylation sites is 2. The van der Waals surface area contributed by atoms with Crippen molar-refractivity contribution < 1.29 is 23.9 Å². The van der Waals surface area contributed by atoms with Crippen LogP contribution in [0, 0.1) is 10.1 Å². The number of nitro groups is 1. The number of nitrogens with one attached hydrogen (secondary N) is 1. The monoisotopic (exact) mass is 479 g/mol. The zero-order chi connectivity index (χ0) is 24.1. The Balaban J connectivity index is 1.68. The maximum absolute atomic E-state index is 13.2. The summed E-state index contributed by atoms with van der Waals surface area (Å²) in [5, 5.41) is 15.3. The molecule has 0 aliphatic carbocycles. The van der Waals surface area contributed by atoms with E-state index in [9.17, 15) is 14.9 Å². The van der Waals surface area contributed by atoms with Gasteiger partial charge in [-0.3, -0.25) is 14.9 Å². The second-order valence-corrected chi connectivity index (χ2v) is 8.14. The molecule has 34 heavy (non-hydrogen) atoms. The van der Waals surface area contributed by atoms with Gasteiger partial charge in [0, 0.05) is 18.7 Å². The van der Waals surface area contributed by atoms with Crippen molar-refractivity contribution in [3.8, 4) is 22.1 Å². The van der Waals surface area contributed by atoms with Crippen molar-refractivity contribution >= 4 is 38.8 Å². The molecule has 0 radical (unpaired) electrons. The fourth-order valence-corrected chi connectivity index (χ4v) is 4.35. The van der Waals surface area contributed by atoms with Gasteiger partial charge in [0.1, 0.15) is 17.2 Å². The Morgan fingerprint density at radius 1 is 1.06 bits per heavy atom. The predicted molar refractivity (Wildman–Crippen MR) is 130 cm³/mol. The van der Waals surface area contributed by atoms with Crippen molar-refractivity contribution in [1.82, 2.24) is 4.98 Å². The van der Waals surface area contributed by atoms with Gasteiger partial charge in [-0.05, 0) is 24.3 Å². The van der Waals surface area contributed by atoms with Gasteiger partial charge in [-0.15, -0.1) is 11.3 Å². The molecule has 10 heteroatoms. The molecule has 4 aromatic rings. The number of methoxy groups -OCH3 is 2. The summed E-state index contributed by atoms with van der Waals surface area (Å²) < 4.78 is 16.8. The molecule has 0 saturated heterocycles. The smallest absolute Gasteiger partial charge is 0.286 e. The van der Waals surface area contributed by atoms with E-state index in [1.165, 1.54) is 37.7 Å². The van der Waals surface area contributed by atoms with E-state index in [4.69, 9.17) is 14.2 Å². The highest BCUT2D eigenvalue weighted by Crippen LogP contribution is 2.37. The lowest BCUT2D eigenvalue weighted by Crippen LogP contribution is -2.15. The molecule has 1 N–H and O–H groups in total. The normalized spacial score (nSPS) is 10.8. The Kier molecular flexibility index (Phi) is 7.00. The first-order valence-electron chi connectivity index (χ1n) is 10.3. The van der Waals surface area contributed by atoms with Gasteiger partial charge in [0.2, 0.25) is 0 Å². The average molecular weight is 480 g/mol. The molecule has 0 atom stereocenters. The average Bonchev–Trinajstić information content (AvgIpc) is 3.28. The van der Waals surface area contributed by atoms with Crippen LogP contribution in [0.2, 0.25) is 0 Å². The number of thiazole rings is 1. The highest BCUT2D eigenvalue weighted by Gasteiger charge is 2.25. The minimum Gasteiger partial charge on any atom is -0.493 e. The molecule has 0 bridgehead atoms. The highest BCUT2D eigenvalue weighted by molar-refractivity contribution is 7.21. The van der Waals surface area contributed by atoms with E-state index in [1.54, 1.807) is 12.1 Å². The van der Waals surface area contributed by atoms with Crippen molar-refractivity contribution in [2.45, 2.75) is 0 Å². The lowest BCUT2D eigenvalue weighted by molar-refractivity contribution is -0.385. The molecule has 1 amide bonds. The summed E-state index contributed by atoms with van der Waals surface area (Å²) in [6, 6.07) is 17.4. The van der Waals surface area contributed by atoms with E-state index in [0.29, 0.717) is 17.9 Å². The fraction of sp³-hybridized carbons (Fsp3) is 0.167. The molecular formula is C24H21N3O6S. The van der Waals surface area contributed by atoms with E-state index in [2.05, 4.69) is 10.3 Å². The first-order chi connectivity index (χ1) is 16.5. The van der Waals surface area contributed by atoms with Gasteiger partial charge in [-0.25, -0.2) is 4.98 Å². The van der Waals surface area contributed by atoms with Crippen LogP contribution in [0.15, 0.2) is 60.7 Å². The molecular weight excluding hydrogens is 458 g/mol. The van der Waals surface area contributed by atoms with E-state index in [1.807, 2.05) is 36.4 Å². The van der Waals surface area contributed by atoms with Gasteiger partial charge in [0.25, 0.3) is 11.6 Å². The summed E-state index contributed by atoms with van der Waals surface area (Å²) in [6.07, 6.45) is 0. The third kappa shape index (κ3) is 4.82. The van der Waals surface area contributed by atoms with E-state index in [-0.39, 0.29) is 23.7 Å². The van der Waals surface area contributed by atoms with Crippen molar-refractivity contribution in [3.05, 3.63) is 76.3 Å². The Hall–Kier alpha value is -4.02. The lowest BCUT2D eigenvalue weighted by Gasteiger charge is -2.13. The molecule has 0 saturated carbocycles. The number of anilines is 1. The largest absolute Gasteiger partial charge is 0.493 e. The molecule has 4 rings (SSSR count). The van der Waals surface area contributed by atoms with Crippen LogP contribution >= 0.6 is 11.3 Å². The zero-order valence-corrected chi connectivity index (χ0v) is 19.3. The van der Waals surface area contributed by atoms with Crippen LogP contribution in [0.3, 0.4) is 0 Å². The number of benzene rings is 3. The van der Waals surface area contributed by atoms with E-state index >= 15 is 0 Å². The quantitative estimate of drug-likeness (QED) is 0.200. The Bertz CT molecular complexity index is 1320. The van der Waals surface area contributed by atoms with E-state index in [0.717, 1.165) is 15.2 Å². The number of nitro benzene ring substituents is 1. The van der Waals surface area contributed by atoms with Gasteiger partial charge in [0.05, 0.1) is 40.6 Å². The number of aromatic nitrogens is 1. The third-order valence-corrected chi connectivity index (χ3v) is 6.04. The van der Waals surface area contributed by atoms with Gasteiger partial charge in [0.15, 0.2) is 11.5 Å². The zero-order valence-electron chi connectivity index (χ0n) is 18.4. The number of carbonyl (C=O) groups is 1. The van der Waals surface area contributed by atoms with Crippen LogP contribution in [0.25, 0.3) is 20.8 Å². The van der Waals surface area contributed by atoms with Crippen LogP contribution in [0.5, 0.6) is 11.5 Å². The lowest BCUT2D eigenvalue weighted by atomic mass is 10.1. The van der Waals surface area contributed by atoms with Crippen molar-refractivity contribution in [2.24, 2.45) is 0 Å². The molecule has 1 heterocycles. The number of amides is 1. The van der Waals surface area contributed by atoms with Crippen LogP contribution < -0.4 is 14.8 Å². The number of ether oxygens (including phenoxy) is 3. The van der Waals surface area contributed by atoms with Gasteiger partial charge in [-0.2, -0.15) is 0 Å². The number of rotatable bonds is 9. The summed E-state index contributed by atoms with van der Waals surface area (Å²) in [4.78, 5) is 29.0. The highest BCUT2D eigenvalue weighted by atomic mass is 32.1. The molecule has 1 aromatic heterocycles. The fourth-order valence-electron chi connectivity index (χ4n) is 3.35. The molecule has 3 aromatic carbocycles. The first-order valence-corrected chi connectivity index (χ1v) is 11.1. The summed E-state index contributed by atoms with van der Waals surface area (Å²) >= 11 is 1.50. The van der Waals surface area contributed by atoms with Gasteiger partial charge < -0.3 is 19.5 Å². The van der Waals surface area contributed by atoms with Gasteiger partial charge in [-0.1, -0.05) is 24.3 Å². The maximum Gasteiger partial charge on any atom is 0.286 e. The Morgan fingerprint density at radius 3 is 2.56 bits per heavy atom. The van der Waals surface area contributed by atoms with Crippen molar-refractivity contribution in [3.63, 3.8) is 0 Å². The number of nitrogens with zero attached hydrogens (tertiary/aromatic N) is 2. The van der Waals surface area contributed by atoms with Crippen molar-refractivity contribution in [1.29, 1.82) is 0 Å². The first kappa shape index (κ1) is 23.1. The van der Waals surface area contributed by atoms with Crippen LogP contribution in [-0.4, -0.2) is 43.2 Å². The number of carbonyl (C=O) groups excluding carboxylic acids is 1. The summed E-state index contributed by atoms with van der Waals surface area (Å²) in [5.41, 5.74) is 1.50. The summed E-state index contributed by atoms with van der Waals surface area (Å²) in [6.45, 7) is 0.465. The van der Waals surface area contributed by atoms with Crippen molar-refractivity contribution in [2.75, 3.05) is 32.8 Å². The van der Waals surface area contributed by atoms with Gasteiger partial charge >= 0.3 is 0 Å². The molecule has 0 unspecified atom stereocenters. The Labute approximate surface area is 199 Å². The van der Waals surface area contributed by atoms with Crippen LogP contribution in [-0.2, 0) is 4.74 Å². The third-order valence-electron chi connectivity index (χ3n) is 4.97. The second-order valence-electron chi connectivity index (χ2n) is 7.11. The molecule has 0 fully saturated rings. The molecule has 0 spiro atoms. The minimum absolute atomic E-state index is 0.151. The molecule has 0 aliphatic rings. The standard InChI is InChI=1S/C24H21N3O6S/c1-31-11-12-33-21-14-19(27(29)30)16(13-20(21)32-2)23(28)25-17-8-4-3-7-15(17)24-26-18-9-5-6-10-22(18)34-24/h3-10,13-14H,11-12H2,1-2H3,(H,25,28). The van der Waals surface area contributed by atoms with Crippen LogP contribution in [0.4, 0.5) is 11.4 Å². The number of fused-ring (bicyclic) bond motifs is 1. The SMILES string of the molecule is COCCOc1cc([N+](=O)[O-])c(C(=O)Nc2ccccc2-c2nc3ccccc3s2)cc1OC. The predicted octanol–water partition coefficient (Wildman–Crippen LogP) is 5.16. The summed E-state index contributed by atoms with van der Waals surface area (Å²) in [7, 11) is 2.91. The number of hydrogen-bond donors (Lipinski definition) is 1. The Morgan fingerprint density at radius 2 is 1.82 bits per heavy atom. The second kappa shape index (κ2) is 10.3. The molecule has 174 valence electrons. The topological polar surface area (TPSA) is 113 Å². The number of hydrogen-bond acceptors (Lipinski definition) is 8. The summed E-state index contributed by atoms with van der Waals surface area (Å²) in [5.74, 6) is -0.300. The van der Waals surface area contributed by atoms with E-state index < -0.39 is 16.5 Å².